The van der Waals surface area contributed by atoms with Gasteiger partial charge in [0.1, 0.15) is 0 Å². The van der Waals surface area contributed by atoms with E-state index in [9.17, 15) is 4.79 Å². The van der Waals surface area contributed by atoms with Crippen LogP contribution >= 0.6 is 23.4 Å². The van der Waals surface area contributed by atoms with Gasteiger partial charge in [0, 0.05) is 0 Å². The maximum Gasteiger partial charge on any atom is 0.264 e. The minimum Gasteiger partial charge on any atom is -0.493 e. The van der Waals surface area contributed by atoms with Gasteiger partial charge in [-0.1, -0.05) is 36.2 Å². The van der Waals surface area contributed by atoms with E-state index in [1.165, 1.54) is 11.8 Å². The highest BCUT2D eigenvalue weighted by Gasteiger charge is 2.24. The highest BCUT2D eigenvalue weighted by atomic mass is 35.5. The summed E-state index contributed by atoms with van der Waals surface area (Å²) in [5.41, 5.74) is 2.69. The number of methoxy groups -OCH3 is 1. The number of hydrogen-bond donors (Lipinski definition) is 1. The summed E-state index contributed by atoms with van der Waals surface area (Å²) in [6, 6.07) is 11.4. The predicted molar refractivity (Wildman–Crippen MR) is 120 cm³/mol. The van der Waals surface area contributed by atoms with Crippen LogP contribution in [0.15, 0.2) is 46.3 Å². The van der Waals surface area contributed by atoms with Crippen molar-refractivity contribution in [3.8, 4) is 11.5 Å². The first-order valence-corrected chi connectivity index (χ1v) is 10.5. The Morgan fingerprint density at radius 1 is 1.28 bits per heavy atom. The number of carbonyl (C=O) groups is 1. The molecule has 0 spiro atoms. The molecular weight excluding hydrogens is 408 g/mol. The van der Waals surface area contributed by atoms with Gasteiger partial charge in [-0.15, -0.1) is 0 Å². The number of halogens is 1. The number of ether oxygens (including phenoxy) is 2. The fourth-order valence-electron chi connectivity index (χ4n) is 2.59. The summed E-state index contributed by atoms with van der Waals surface area (Å²) in [4.78, 5) is 17.4. The van der Waals surface area contributed by atoms with Crippen molar-refractivity contribution in [3.63, 3.8) is 0 Å². The van der Waals surface area contributed by atoms with E-state index in [2.05, 4.69) is 10.3 Å². The summed E-state index contributed by atoms with van der Waals surface area (Å²) < 4.78 is 11.3. The minimum atomic E-state index is -0.198. The topological polar surface area (TPSA) is 59.9 Å². The van der Waals surface area contributed by atoms with Crippen LogP contribution in [0.2, 0.25) is 5.02 Å². The summed E-state index contributed by atoms with van der Waals surface area (Å²) in [6.07, 6.45) is 2.63. The van der Waals surface area contributed by atoms with E-state index in [0.29, 0.717) is 26.6 Å². The molecule has 0 aliphatic carbocycles. The lowest BCUT2D eigenvalue weighted by Gasteiger charge is -2.17. The van der Waals surface area contributed by atoms with E-state index in [4.69, 9.17) is 21.1 Å². The van der Waals surface area contributed by atoms with Crippen molar-refractivity contribution in [2.24, 2.45) is 4.99 Å². The van der Waals surface area contributed by atoms with Crippen LogP contribution in [0.4, 0.5) is 5.69 Å². The predicted octanol–water partition coefficient (Wildman–Crippen LogP) is 5.73. The standard InChI is InChI=1S/C22H23ClN2O3S/c1-5-14(3)28-20-17(23)10-15(11-18(20)27-4)12-19-21(26)25-22(29-19)24-16-8-6-13(2)7-9-16/h6-12,14H,5H2,1-4H3,(H,24,25,26)/b19-12+/t14-/m1/s1. The third-order valence-electron chi connectivity index (χ3n) is 4.36. The maximum absolute atomic E-state index is 12.4. The fraction of sp³-hybridized carbons (Fsp3) is 0.273. The van der Waals surface area contributed by atoms with E-state index in [-0.39, 0.29) is 12.0 Å². The number of benzene rings is 2. The second-order valence-electron chi connectivity index (χ2n) is 6.69. The monoisotopic (exact) mass is 430 g/mol. The molecule has 1 fully saturated rings. The second kappa shape index (κ2) is 9.37. The molecule has 2 aromatic rings. The zero-order valence-electron chi connectivity index (χ0n) is 16.8. The molecule has 2 aromatic carbocycles. The highest BCUT2D eigenvalue weighted by Crippen LogP contribution is 2.39. The van der Waals surface area contributed by atoms with Crippen LogP contribution in [0, 0.1) is 6.92 Å². The molecule has 3 rings (SSSR count). The lowest BCUT2D eigenvalue weighted by Crippen LogP contribution is -2.19. The first-order chi connectivity index (χ1) is 13.9. The quantitative estimate of drug-likeness (QED) is 0.595. The molecule has 29 heavy (non-hydrogen) atoms. The van der Waals surface area contributed by atoms with Crippen molar-refractivity contribution in [1.29, 1.82) is 0 Å². The molecule has 1 amide bonds. The van der Waals surface area contributed by atoms with Crippen LogP contribution in [0.3, 0.4) is 0 Å². The Balaban J connectivity index is 1.85. The van der Waals surface area contributed by atoms with Gasteiger partial charge in [0.05, 0.1) is 28.8 Å². The van der Waals surface area contributed by atoms with Crippen molar-refractivity contribution in [2.45, 2.75) is 33.3 Å². The van der Waals surface area contributed by atoms with Gasteiger partial charge in [0.2, 0.25) is 0 Å². The molecule has 1 N–H and O–H groups in total. The molecule has 7 heteroatoms. The lowest BCUT2D eigenvalue weighted by atomic mass is 10.1. The van der Waals surface area contributed by atoms with Gasteiger partial charge in [-0.2, -0.15) is 0 Å². The largest absolute Gasteiger partial charge is 0.493 e. The number of carbonyl (C=O) groups excluding carboxylic acids is 1. The molecule has 0 aromatic heterocycles. The Bertz CT molecular complexity index is 971. The molecule has 5 nitrogen and oxygen atoms in total. The van der Waals surface area contributed by atoms with Crippen LogP contribution in [0.1, 0.15) is 31.4 Å². The molecule has 1 atom stereocenters. The van der Waals surface area contributed by atoms with Crippen molar-refractivity contribution < 1.29 is 14.3 Å². The van der Waals surface area contributed by atoms with Crippen LogP contribution in [0.5, 0.6) is 11.5 Å². The molecule has 0 unspecified atom stereocenters. The number of aliphatic imine (C=N–C) groups is 1. The zero-order valence-corrected chi connectivity index (χ0v) is 18.4. The summed E-state index contributed by atoms with van der Waals surface area (Å²) in [7, 11) is 1.56. The number of rotatable bonds is 6. The third-order valence-corrected chi connectivity index (χ3v) is 5.55. The summed E-state index contributed by atoms with van der Waals surface area (Å²) in [6.45, 7) is 6.03. The normalized spacial score (nSPS) is 17.5. The van der Waals surface area contributed by atoms with Gasteiger partial charge in [-0.05, 0) is 67.9 Å². The maximum atomic E-state index is 12.4. The van der Waals surface area contributed by atoms with Gasteiger partial charge in [0.25, 0.3) is 5.91 Å². The molecule has 1 aliphatic heterocycles. The molecular formula is C22H23ClN2O3S. The molecule has 1 aliphatic rings. The number of amides is 1. The summed E-state index contributed by atoms with van der Waals surface area (Å²) in [5, 5.41) is 3.77. The number of amidine groups is 1. The molecule has 0 radical (unpaired) electrons. The van der Waals surface area contributed by atoms with Crippen LogP contribution in [-0.2, 0) is 4.79 Å². The van der Waals surface area contributed by atoms with Gasteiger partial charge in [-0.25, -0.2) is 4.99 Å². The molecule has 152 valence electrons. The van der Waals surface area contributed by atoms with E-state index >= 15 is 0 Å². The first-order valence-electron chi connectivity index (χ1n) is 9.30. The van der Waals surface area contributed by atoms with Crippen molar-refractivity contribution in [1.82, 2.24) is 5.32 Å². The molecule has 1 heterocycles. The van der Waals surface area contributed by atoms with Gasteiger partial charge in [-0.3, -0.25) is 4.79 Å². The van der Waals surface area contributed by atoms with Gasteiger partial charge in [0.15, 0.2) is 16.7 Å². The smallest absolute Gasteiger partial charge is 0.264 e. The Hall–Kier alpha value is -2.44. The van der Waals surface area contributed by atoms with Gasteiger partial charge >= 0.3 is 0 Å². The van der Waals surface area contributed by atoms with Crippen molar-refractivity contribution in [2.75, 3.05) is 7.11 Å². The van der Waals surface area contributed by atoms with E-state index < -0.39 is 0 Å². The Morgan fingerprint density at radius 2 is 2.00 bits per heavy atom. The Labute approximate surface area is 180 Å². The average Bonchev–Trinajstić information content (AvgIpc) is 3.04. The summed E-state index contributed by atoms with van der Waals surface area (Å²) >= 11 is 7.71. The van der Waals surface area contributed by atoms with Crippen LogP contribution in [0.25, 0.3) is 6.08 Å². The number of nitrogens with zero attached hydrogens (tertiary/aromatic N) is 1. The average molecular weight is 431 g/mol. The van der Waals surface area contributed by atoms with Gasteiger partial charge < -0.3 is 14.8 Å². The molecule has 1 saturated heterocycles. The van der Waals surface area contributed by atoms with Crippen LogP contribution in [-0.4, -0.2) is 24.3 Å². The minimum absolute atomic E-state index is 0.0160. The number of thioether (sulfide) groups is 1. The van der Waals surface area contributed by atoms with Crippen molar-refractivity contribution >= 4 is 46.2 Å². The Kier molecular flexibility index (Phi) is 6.87. The number of aryl methyl sites for hydroxylation is 1. The van der Waals surface area contributed by atoms with E-state index in [0.717, 1.165) is 23.2 Å². The molecule has 0 bridgehead atoms. The van der Waals surface area contributed by atoms with Crippen molar-refractivity contribution in [3.05, 3.63) is 57.5 Å². The highest BCUT2D eigenvalue weighted by molar-refractivity contribution is 8.18. The van der Waals surface area contributed by atoms with E-state index in [1.54, 1.807) is 25.3 Å². The lowest BCUT2D eigenvalue weighted by molar-refractivity contribution is -0.115. The SMILES string of the molecule is CC[C@@H](C)Oc1c(Cl)cc(/C=C2/SC(=Nc3ccc(C)cc3)NC2=O)cc1OC. The number of nitrogens with one attached hydrogen (secondary N) is 1. The number of hydrogen-bond acceptors (Lipinski definition) is 5. The first kappa shape index (κ1) is 21.3. The molecule has 0 saturated carbocycles. The Morgan fingerprint density at radius 3 is 2.66 bits per heavy atom. The third kappa shape index (κ3) is 5.34. The fourth-order valence-corrected chi connectivity index (χ4v) is 3.70. The zero-order chi connectivity index (χ0) is 21.0. The second-order valence-corrected chi connectivity index (χ2v) is 8.13. The van der Waals surface area contributed by atoms with E-state index in [1.807, 2.05) is 45.0 Å². The van der Waals surface area contributed by atoms with Crippen LogP contribution < -0.4 is 14.8 Å². The summed E-state index contributed by atoms with van der Waals surface area (Å²) in [5.74, 6) is 0.841.